The summed E-state index contributed by atoms with van der Waals surface area (Å²) in [6.45, 7) is 4.89. The molecule has 0 bridgehead atoms. The molecule has 90 valence electrons. The lowest BCUT2D eigenvalue weighted by molar-refractivity contribution is 0.181. The lowest BCUT2D eigenvalue weighted by atomic mass is 9.97. The fourth-order valence-electron chi connectivity index (χ4n) is 2.27. The van der Waals surface area contributed by atoms with Gasteiger partial charge in [0.05, 0.1) is 17.9 Å². The van der Waals surface area contributed by atoms with Crippen LogP contribution >= 0.6 is 0 Å². The Balaban J connectivity index is 2.01. The molecule has 1 aromatic heterocycles. The first-order chi connectivity index (χ1) is 7.81. The summed E-state index contributed by atoms with van der Waals surface area (Å²) in [4.78, 5) is 0. The maximum Gasteiger partial charge on any atom is 0.0753 e. The van der Waals surface area contributed by atoms with Crippen LogP contribution < -0.4 is 5.32 Å². The molecule has 0 spiro atoms. The molecule has 0 amide bonds. The van der Waals surface area contributed by atoms with Gasteiger partial charge in [-0.2, -0.15) is 0 Å². The van der Waals surface area contributed by atoms with Crippen molar-refractivity contribution in [3.05, 3.63) is 11.9 Å². The van der Waals surface area contributed by atoms with E-state index in [0.717, 1.165) is 31.9 Å². The summed E-state index contributed by atoms with van der Waals surface area (Å²) in [5.74, 6) is 0.666. The zero-order valence-corrected chi connectivity index (χ0v) is 10.0. The van der Waals surface area contributed by atoms with E-state index in [1.165, 1.54) is 6.42 Å². The molecule has 0 aliphatic carbocycles. The van der Waals surface area contributed by atoms with Crippen molar-refractivity contribution in [2.24, 2.45) is 13.0 Å². The molecular weight excluding hydrogens is 204 g/mol. The third-order valence-corrected chi connectivity index (χ3v) is 3.15. The third-order valence-electron chi connectivity index (χ3n) is 3.15. The molecular formula is C11H20N4O. The Morgan fingerprint density at radius 1 is 1.69 bits per heavy atom. The molecule has 2 heterocycles. The van der Waals surface area contributed by atoms with E-state index in [2.05, 4.69) is 22.6 Å². The minimum absolute atomic E-state index is 0.344. The summed E-state index contributed by atoms with van der Waals surface area (Å²) in [5.41, 5.74) is 1.16. The molecule has 5 nitrogen and oxygen atoms in total. The van der Waals surface area contributed by atoms with Crippen molar-refractivity contribution < 1.29 is 4.74 Å². The Morgan fingerprint density at radius 3 is 3.12 bits per heavy atom. The summed E-state index contributed by atoms with van der Waals surface area (Å²) in [7, 11) is 1.94. The van der Waals surface area contributed by atoms with Gasteiger partial charge in [0.1, 0.15) is 0 Å². The van der Waals surface area contributed by atoms with Gasteiger partial charge in [-0.25, -0.2) is 0 Å². The second kappa shape index (κ2) is 5.41. The monoisotopic (exact) mass is 224 g/mol. The molecule has 2 rings (SSSR count). The van der Waals surface area contributed by atoms with E-state index in [0.29, 0.717) is 12.0 Å². The average molecular weight is 224 g/mol. The fraction of sp³-hybridized carbons (Fsp3) is 0.818. The third kappa shape index (κ3) is 2.59. The Bertz CT molecular complexity index is 320. The van der Waals surface area contributed by atoms with E-state index in [9.17, 15) is 0 Å². The van der Waals surface area contributed by atoms with Crippen LogP contribution in [0.5, 0.6) is 0 Å². The van der Waals surface area contributed by atoms with Gasteiger partial charge in [0.2, 0.25) is 0 Å². The zero-order chi connectivity index (χ0) is 11.4. The van der Waals surface area contributed by atoms with Crippen LogP contribution in [0.15, 0.2) is 6.20 Å². The number of hydrogen-bond donors (Lipinski definition) is 1. The average Bonchev–Trinajstić information content (AvgIpc) is 2.88. The van der Waals surface area contributed by atoms with Crippen LogP contribution in [-0.4, -0.2) is 34.8 Å². The molecule has 5 heteroatoms. The first-order valence-electron chi connectivity index (χ1n) is 5.97. The molecule has 1 saturated heterocycles. The molecule has 0 saturated carbocycles. The molecule has 2 atom stereocenters. The fourth-order valence-corrected chi connectivity index (χ4v) is 2.27. The van der Waals surface area contributed by atoms with Crippen molar-refractivity contribution in [2.75, 3.05) is 19.8 Å². The number of nitrogens with one attached hydrogen (secondary N) is 1. The number of nitrogens with zero attached hydrogens (tertiary/aromatic N) is 3. The van der Waals surface area contributed by atoms with Gasteiger partial charge in [-0.1, -0.05) is 12.1 Å². The highest BCUT2D eigenvalue weighted by molar-refractivity contribution is 5.02. The van der Waals surface area contributed by atoms with E-state index >= 15 is 0 Å². The highest BCUT2D eigenvalue weighted by atomic mass is 16.5. The molecule has 2 unspecified atom stereocenters. The van der Waals surface area contributed by atoms with Gasteiger partial charge in [-0.05, 0) is 25.3 Å². The van der Waals surface area contributed by atoms with Gasteiger partial charge >= 0.3 is 0 Å². The first-order valence-corrected chi connectivity index (χ1v) is 5.97. The number of ether oxygens (including phenoxy) is 1. The van der Waals surface area contributed by atoms with Crippen molar-refractivity contribution in [1.82, 2.24) is 20.3 Å². The smallest absolute Gasteiger partial charge is 0.0753 e. The minimum atomic E-state index is 0.344. The van der Waals surface area contributed by atoms with Crippen molar-refractivity contribution >= 4 is 0 Å². The van der Waals surface area contributed by atoms with Crippen molar-refractivity contribution in [1.29, 1.82) is 0 Å². The lowest BCUT2D eigenvalue weighted by Gasteiger charge is -2.20. The Morgan fingerprint density at radius 2 is 2.56 bits per heavy atom. The lowest BCUT2D eigenvalue weighted by Crippen LogP contribution is -2.25. The topological polar surface area (TPSA) is 52.0 Å². The van der Waals surface area contributed by atoms with Crippen LogP contribution in [0.25, 0.3) is 0 Å². The van der Waals surface area contributed by atoms with E-state index < -0.39 is 0 Å². The zero-order valence-electron chi connectivity index (χ0n) is 10.0. The summed E-state index contributed by atoms with van der Waals surface area (Å²) >= 11 is 0. The SMILES string of the molecule is CCNC(CC1CCOC1)c1cnnn1C. The highest BCUT2D eigenvalue weighted by Crippen LogP contribution is 2.25. The van der Waals surface area contributed by atoms with Crippen LogP contribution in [0.1, 0.15) is 31.5 Å². The summed E-state index contributed by atoms with van der Waals surface area (Å²) in [6, 6.07) is 0.344. The second-order valence-corrected chi connectivity index (χ2v) is 4.36. The summed E-state index contributed by atoms with van der Waals surface area (Å²) in [6.07, 6.45) is 4.13. The van der Waals surface area contributed by atoms with Crippen molar-refractivity contribution in [2.45, 2.75) is 25.8 Å². The van der Waals surface area contributed by atoms with Crippen LogP contribution in [0, 0.1) is 5.92 Å². The van der Waals surface area contributed by atoms with Crippen LogP contribution in [0.4, 0.5) is 0 Å². The van der Waals surface area contributed by atoms with Gasteiger partial charge in [0.15, 0.2) is 0 Å². The largest absolute Gasteiger partial charge is 0.381 e. The maximum atomic E-state index is 5.42. The van der Waals surface area contributed by atoms with Crippen LogP contribution in [0.2, 0.25) is 0 Å². The molecule has 1 N–H and O–H groups in total. The molecule has 1 aromatic rings. The number of rotatable bonds is 5. The molecule has 0 aromatic carbocycles. The van der Waals surface area contributed by atoms with Crippen molar-refractivity contribution in [3.8, 4) is 0 Å². The second-order valence-electron chi connectivity index (χ2n) is 4.36. The molecule has 1 aliphatic rings. The predicted octanol–water partition coefficient (Wildman–Crippen LogP) is 0.892. The van der Waals surface area contributed by atoms with Gasteiger partial charge in [-0.15, -0.1) is 5.10 Å². The number of aromatic nitrogens is 3. The molecule has 1 aliphatic heterocycles. The summed E-state index contributed by atoms with van der Waals surface area (Å²) in [5, 5.41) is 11.4. The molecule has 16 heavy (non-hydrogen) atoms. The maximum absolute atomic E-state index is 5.42. The van der Waals surface area contributed by atoms with E-state index in [1.807, 2.05) is 17.9 Å². The summed E-state index contributed by atoms with van der Waals surface area (Å²) < 4.78 is 7.27. The van der Waals surface area contributed by atoms with Gasteiger partial charge in [-0.3, -0.25) is 4.68 Å². The van der Waals surface area contributed by atoms with Gasteiger partial charge in [0, 0.05) is 20.3 Å². The minimum Gasteiger partial charge on any atom is -0.381 e. The van der Waals surface area contributed by atoms with Crippen LogP contribution in [-0.2, 0) is 11.8 Å². The number of aryl methyl sites for hydroxylation is 1. The van der Waals surface area contributed by atoms with E-state index in [4.69, 9.17) is 4.74 Å². The molecule has 1 fully saturated rings. The van der Waals surface area contributed by atoms with Gasteiger partial charge in [0.25, 0.3) is 0 Å². The first kappa shape index (κ1) is 11.5. The Hall–Kier alpha value is -0.940. The van der Waals surface area contributed by atoms with Crippen LogP contribution in [0.3, 0.4) is 0 Å². The normalized spacial score (nSPS) is 22.5. The number of hydrogen-bond acceptors (Lipinski definition) is 4. The predicted molar refractivity (Wildman–Crippen MR) is 61.0 cm³/mol. The molecule has 0 radical (unpaired) electrons. The Labute approximate surface area is 96.2 Å². The Kier molecular flexibility index (Phi) is 3.90. The quantitative estimate of drug-likeness (QED) is 0.807. The standard InChI is InChI=1S/C11H20N4O/c1-3-12-10(6-9-4-5-16-8-9)11-7-13-14-15(11)2/h7,9-10,12H,3-6,8H2,1-2H3. The van der Waals surface area contributed by atoms with E-state index in [1.54, 1.807) is 0 Å². The van der Waals surface area contributed by atoms with Gasteiger partial charge < -0.3 is 10.1 Å². The highest BCUT2D eigenvalue weighted by Gasteiger charge is 2.23. The van der Waals surface area contributed by atoms with Crippen molar-refractivity contribution in [3.63, 3.8) is 0 Å². The van der Waals surface area contributed by atoms with E-state index in [-0.39, 0.29) is 0 Å².